The van der Waals surface area contributed by atoms with Gasteiger partial charge in [-0.1, -0.05) is 0 Å². The topological polar surface area (TPSA) is 54.1 Å². The van der Waals surface area contributed by atoms with E-state index in [1.165, 1.54) is 12.1 Å². The van der Waals surface area contributed by atoms with Crippen LogP contribution in [0.25, 0.3) is 0 Å². The minimum atomic E-state index is -0.200. The third kappa shape index (κ3) is 6.80. The normalized spacial score (nSPS) is 15.3. The Balaban J connectivity index is 0.00000288. The molecule has 0 saturated carbocycles. The summed E-state index contributed by atoms with van der Waals surface area (Å²) in [6, 6.07) is 6.65. The SMILES string of the molecule is COCCCCCN=C(N)N1CCN(c2ccc(F)cc2)CC1.I. The van der Waals surface area contributed by atoms with Gasteiger partial charge in [0.1, 0.15) is 5.82 Å². The first-order valence-corrected chi connectivity index (χ1v) is 8.25. The van der Waals surface area contributed by atoms with Crippen molar-refractivity contribution in [1.29, 1.82) is 0 Å². The molecule has 0 amide bonds. The molecule has 0 aliphatic carbocycles. The van der Waals surface area contributed by atoms with E-state index < -0.39 is 0 Å². The van der Waals surface area contributed by atoms with Gasteiger partial charge in [0, 0.05) is 52.1 Å². The van der Waals surface area contributed by atoms with E-state index in [1.54, 1.807) is 7.11 Å². The molecule has 1 heterocycles. The van der Waals surface area contributed by atoms with Gasteiger partial charge in [-0.05, 0) is 43.5 Å². The number of unbranched alkanes of at least 4 members (excludes halogenated alkanes) is 2. The molecule has 1 saturated heterocycles. The number of anilines is 1. The summed E-state index contributed by atoms with van der Waals surface area (Å²) in [6.07, 6.45) is 3.23. The molecule has 7 heteroatoms. The van der Waals surface area contributed by atoms with Crippen LogP contribution in [0.15, 0.2) is 29.3 Å². The highest BCUT2D eigenvalue weighted by atomic mass is 127. The van der Waals surface area contributed by atoms with Crippen LogP contribution in [0, 0.1) is 5.82 Å². The number of ether oxygens (including phenoxy) is 1. The van der Waals surface area contributed by atoms with E-state index in [9.17, 15) is 4.39 Å². The van der Waals surface area contributed by atoms with Crippen molar-refractivity contribution >= 4 is 35.6 Å². The number of methoxy groups -OCH3 is 1. The Labute approximate surface area is 161 Å². The number of nitrogens with zero attached hydrogens (tertiary/aromatic N) is 3. The van der Waals surface area contributed by atoms with Crippen LogP contribution in [0.3, 0.4) is 0 Å². The highest BCUT2D eigenvalue weighted by Crippen LogP contribution is 2.16. The highest BCUT2D eigenvalue weighted by Gasteiger charge is 2.18. The molecule has 24 heavy (non-hydrogen) atoms. The molecule has 1 aliphatic rings. The third-order valence-corrected chi connectivity index (χ3v) is 4.08. The van der Waals surface area contributed by atoms with E-state index in [1.807, 2.05) is 12.1 Å². The number of hydrogen-bond donors (Lipinski definition) is 1. The molecule has 0 spiro atoms. The molecule has 1 aliphatic heterocycles. The monoisotopic (exact) mass is 450 g/mol. The standard InChI is InChI=1S/C17H27FN4O.HI/c1-23-14-4-2-3-9-20-17(19)22-12-10-21(11-13-22)16-7-5-15(18)6-8-16;/h5-8H,2-4,9-14H2,1H3,(H2,19,20);1H. The molecule has 0 atom stereocenters. The van der Waals surface area contributed by atoms with Crippen LogP contribution < -0.4 is 10.6 Å². The summed E-state index contributed by atoms with van der Waals surface area (Å²) in [5.74, 6) is 0.435. The van der Waals surface area contributed by atoms with Crippen molar-refractivity contribution in [3.05, 3.63) is 30.1 Å². The molecule has 1 aromatic rings. The molecular weight excluding hydrogens is 422 g/mol. The molecule has 0 radical (unpaired) electrons. The summed E-state index contributed by atoms with van der Waals surface area (Å²) in [4.78, 5) is 8.83. The number of rotatable bonds is 7. The van der Waals surface area contributed by atoms with Gasteiger partial charge in [0.05, 0.1) is 0 Å². The van der Waals surface area contributed by atoms with Gasteiger partial charge in [-0.25, -0.2) is 4.39 Å². The number of benzene rings is 1. The van der Waals surface area contributed by atoms with Crippen molar-refractivity contribution in [3.63, 3.8) is 0 Å². The van der Waals surface area contributed by atoms with Crippen LogP contribution in [0.4, 0.5) is 10.1 Å². The number of aliphatic imine (C=N–C) groups is 1. The number of hydrogen-bond acceptors (Lipinski definition) is 3. The molecule has 0 bridgehead atoms. The van der Waals surface area contributed by atoms with E-state index in [2.05, 4.69) is 14.8 Å². The van der Waals surface area contributed by atoms with E-state index in [0.717, 1.165) is 64.3 Å². The highest BCUT2D eigenvalue weighted by molar-refractivity contribution is 14.0. The number of guanidine groups is 1. The lowest BCUT2D eigenvalue weighted by molar-refractivity contribution is 0.192. The molecule has 1 aromatic carbocycles. The average Bonchev–Trinajstić information content (AvgIpc) is 2.58. The summed E-state index contributed by atoms with van der Waals surface area (Å²) >= 11 is 0. The first kappa shape index (κ1) is 21.0. The van der Waals surface area contributed by atoms with Gasteiger partial charge in [0.15, 0.2) is 5.96 Å². The van der Waals surface area contributed by atoms with Crippen LogP contribution in [0.1, 0.15) is 19.3 Å². The zero-order chi connectivity index (χ0) is 16.5. The Morgan fingerprint density at radius 3 is 2.42 bits per heavy atom. The molecule has 0 unspecified atom stereocenters. The predicted molar refractivity (Wildman–Crippen MR) is 108 cm³/mol. The molecule has 2 N–H and O–H groups in total. The maximum atomic E-state index is 13.0. The van der Waals surface area contributed by atoms with Crippen molar-refractivity contribution in [2.75, 3.05) is 51.3 Å². The average molecular weight is 450 g/mol. The van der Waals surface area contributed by atoms with Gasteiger partial charge in [-0.2, -0.15) is 0 Å². The fourth-order valence-electron chi connectivity index (χ4n) is 2.67. The minimum Gasteiger partial charge on any atom is -0.385 e. The van der Waals surface area contributed by atoms with Crippen molar-refractivity contribution in [2.45, 2.75) is 19.3 Å². The van der Waals surface area contributed by atoms with Gasteiger partial charge in [0.2, 0.25) is 0 Å². The van der Waals surface area contributed by atoms with E-state index >= 15 is 0 Å². The maximum Gasteiger partial charge on any atom is 0.191 e. The zero-order valence-corrected chi connectivity index (χ0v) is 16.6. The Morgan fingerprint density at radius 2 is 1.79 bits per heavy atom. The van der Waals surface area contributed by atoms with Gasteiger partial charge in [-0.15, -0.1) is 24.0 Å². The van der Waals surface area contributed by atoms with Crippen LogP contribution >= 0.6 is 24.0 Å². The molecule has 1 fully saturated rings. The number of halogens is 2. The maximum absolute atomic E-state index is 13.0. The van der Waals surface area contributed by atoms with E-state index in [-0.39, 0.29) is 29.8 Å². The first-order chi connectivity index (χ1) is 11.2. The molecular formula is C17H28FIN4O. The summed E-state index contributed by atoms with van der Waals surface area (Å²) < 4.78 is 18.0. The molecule has 5 nitrogen and oxygen atoms in total. The lowest BCUT2D eigenvalue weighted by atomic mass is 10.2. The fourth-order valence-corrected chi connectivity index (χ4v) is 2.67. The number of piperazine rings is 1. The molecule has 2 rings (SSSR count). The van der Waals surface area contributed by atoms with Crippen LogP contribution in [0.2, 0.25) is 0 Å². The Hall–Kier alpha value is -1.09. The van der Waals surface area contributed by atoms with E-state index in [0.29, 0.717) is 5.96 Å². The van der Waals surface area contributed by atoms with Gasteiger partial charge in [0.25, 0.3) is 0 Å². The summed E-state index contributed by atoms with van der Waals surface area (Å²) in [5, 5.41) is 0. The predicted octanol–water partition coefficient (Wildman–Crippen LogP) is 2.70. The second-order valence-electron chi connectivity index (χ2n) is 5.74. The van der Waals surface area contributed by atoms with Crippen molar-refractivity contribution in [3.8, 4) is 0 Å². The quantitative estimate of drug-likeness (QED) is 0.301. The lowest BCUT2D eigenvalue weighted by Crippen LogP contribution is -2.51. The first-order valence-electron chi connectivity index (χ1n) is 8.25. The minimum absolute atomic E-state index is 0. The van der Waals surface area contributed by atoms with Crippen LogP contribution in [-0.2, 0) is 4.74 Å². The van der Waals surface area contributed by atoms with Crippen molar-refractivity contribution < 1.29 is 9.13 Å². The smallest absolute Gasteiger partial charge is 0.191 e. The van der Waals surface area contributed by atoms with E-state index in [4.69, 9.17) is 10.5 Å². The number of nitrogens with two attached hydrogens (primary N) is 1. The Kier molecular flexibility index (Phi) is 10.0. The van der Waals surface area contributed by atoms with Gasteiger partial charge in [-0.3, -0.25) is 4.99 Å². The van der Waals surface area contributed by atoms with Crippen LogP contribution in [-0.4, -0.2) is 57.3 Å². The third-order valence-electron chi connectivity index (χ3n) is 4.08. The van der Waals surface area contributed by atoms with Crippen LogP contribution in [0.5, 0.6) is 0 Å². The Morgan fingerprint density at radius 1 is 1.12 bits per heavy atom. The fraction of sp³-hybridized carbons (Fsp3) is 0.588. The van der Waals surface area contributed by atoms with Gasteiger partial charge < -0.3 is 20.3 Å². The lowest BCUT2D eigenvalue weighted by Gasteiger charge is -2.36. The summed E-state index contributed by atoms with van der Waals surface area (Å²) in [6.45, 7) is 5.01. The van der Waals surface area contributed by atoms with Crippen molar-refractivity contribution in [2.24, 2.45) is 10.7 Å². The molecule has 0 aromatic heterocycles. The van der Waals surface area contributed by atoms with Crippen molar-refractivity contribution in [1.82, 2.24) is 4.90 Å². The second-order valence-corrected chi connectivity index (χ2v) is 5.74. The zero-order valence-electron chi connectivity index (χ0n) is 14.3. The second kappa shape index (κ2) is 11.5. The summed E-state index contributed by atoms with van der Waals surface area (Å²) in [7, 11) is 1.72. The summed E-state index contributed by atoms with van der Waals surface area (Å²) in [5.41, 5.74) is 7.13. The van der Waals surface area contributed by atoms with Gasteiger partial charge >= 0.3 is 0 Å². The Bertz CT molecular complexity index is 490. The molecule has 136 valence electrons. The largest absolute Gasteiger partial charge is 0.385 e.